The van der Waals surface area contributed by atoms with E-state index in [0.29, 0.717) is 33.8 Å². The Bertz CT molecular complexity index is 802. The second-order valence-electron chi connectivity index (χ2n) is 5.27. The normalized spacial score (nSPS) is 16.5. The maximum Gasteiger partial charge on any atom is 0.257 e. The van der Waals surface area contributed by atoms with Crippen molar-refractivity contribution < 1.29 is 9.53 Å². The molecule has 0 aromatic heterocycles. The van der Waals surface area contributed by atoms with Crippen LogP contribution in [0.5, 0.6) is 0 Å². The Balaban J connectivity index is 1.77. The maximum atomic E-state index is 11.5. The smallest absolute Gasteiger partial charge is 0.257 e. The third-order valence-electron chi connectivity index (χ3n) is 3.59. The van der Waals surface area contributed by atoms with Gasteiger partial charge in [0.25, 0.3) is 5.91 Å². The average Bonchev–Trinajstić information content (AvgIpc) is 3.05. The Hall–Kier alpha value is -1.46. The van der Waals surface area contributed by atoms with Crippen LogP contribution in [0.1, 0.15) is 17.2 Å². The number of nitrogens with one attached hydrogen (secondary N) is 1. The zero-order valence-electron chi connectivity index (χ0n) is 12.7. The van der Waals surface area contributed by atoms with Crippen LogP contribution in [-0.2, 0) is 9.53 Å². The molecule has 0 aliphatic carbocycles. The van der Waals surface area contributed by atoms with Crippen molar-refractivity contribution in [3.05, 3.63) is 63.6 Å². The molecule has 4 nitrogen and oxygen atoms in total. The van der Waals surface area contributed by atoms with E-state index in [0.717, 1.165) is 5.56 Å². The van der Waals surface area contributed by atoms with Crippen molar-refractivity contribution in [2.45, 2.75) is 10.9 Å². The summed E-state index contributed by atoms with van der Waals surface area (Å²) in [6.07, 6.45) is 0. The molecule has 1 amide bonds. The monoisotopic (exact) mass is 416 g/mol. The average molecular weight is 418 g/mol. The number of aliphatic imine (C=N–C) groups is 1. The molecule has 130 valence electrons. The molecule has 0 bridgehead atoms. The van der Waals surface area contributed by atoms with E-state index < -0.39 is 10.7 Å². The van der Waals surface area contributed by atoms with Gasteiger partial charge in [-0.3, -0.25) is 4.79 Å². The third-order valence-corrected chi connectivity index (χ3v) is 4.62. The molecule has 1 heterocycles. The minimum Gasteiger partial charge on any atom is -0.475 e. The van der Waals surface area contributed by atoms with Gasteiger partial charge >= 0.3 is 0 Å². The highest BCUT2D eigenvalue weighted by molar-refractivity contribution is 6.54. The quantitative estimate of drug-likeness (QED) is 0.690. The Kier molecular flexibility index (Phi) is 5.74. The lowest BCUT2D eigenvalue weighted by Gasteiger charge is -2.08. The Morgan fingerprint density at radius 3 is 2.36 bits per heavy atom. The van der Waals surface area contributed by atoms with Crippen molar-refractivity contribution in [3.8, 4) is 0 Å². The summed E-state index contributed by atoms with van der Waals surface area (Å²) >= 11 is 23.4. The van der Waals surface area contributed by atoms with Gasteiger partial charge in [0.05, 0.1) is 15.6 Å². The van der Waals surface area contributed by atoms with Crippen molar-refractivity contribution in [1.29, 1.82) is 0 Å². The summed E-state index contributed by atoms with van der Waals surface area (Å²) in [6, 6.07) is 12.3. The van der Waals surface area contributed by atoms with Gasteiger partial charge < -0.3 is 10.1 Å². The van der Waals surface area contributed by atoms with Crippen molar-refractivity contribution in [2.24, 2.45) is 4.99 Å². The SMILES string of the molecule is O=C(Nc1ccc(C2COC(c3c(Cl)cccc3Cl)=N2)cc1)C(Cl)Cl. The first kappa shape index (κ1) is 18.3. The number of carbonyl (C=O) groups excluding carboxylic acids is 1. The lowest BCUT2D eigenvalue weighted by molar-refractivity contribution is -0.114. The van der Waals surface area contributed by atoms with Gasteiger partial charge in [0.1, 0.15) is 12.6 Å². The number of hydrogen-bond donors (Lipinski definition) is 1. The molecule has 1 aliphatic rings. The molecule has 2 aromatic rings. The van der Waals surface area contributed by atoms with E-state index in [1.54, 1.807) is 30.3 Å². The second-order valence-corrected chi connectivity index (χ2v) is 7.18. The van der Waals surface area contributed by atoms with Gasteiger partial charge in [-0.25, -0.2) is 4.99 Å². The number of hydrogen-bond acceptors (Lipinski definition) is 3. The summed E-state index contributed by atoms with van der Waals surface area (Å²) in [5.41, 5.74) is 2.12. The standard InChI is InChI=1S/C17H12Cl4N2O2/c18-11-2-1-3-12(19)14(11)17-23-13(8-25-17)9-4-6-10(7-5-9)22-16(24)15(20)21/h1-7,13,15H,8H2,(H,22,24). The topological polar surface area (TPSA) is 50.7 Å². The molecule has 0 spiro atoms. The van der Waals surface area contributed by atoms with Crippen LogP contribution in [0.3, 0.4) is 0 Å². The van der Waals surface area contributed by atoms with E-state index in [1.807, 2.05) is 12.1 Å². The molecule has 2 aromatic carbocycles. The molecule has 1 N–H and O–H groups in total. The molecule has 0 saturated carbocycles. The van der Waals surface area contributed by atoms with E-state index in [1.165, 1.54) is 0 Å². The predicted octanol–water partition coefficient (Wildman–Crippen LogP) is 5.25. The first-order valence-corrected chi connectivity index (χ1v) is 8.92. The molecule has 1 aliphatic heterocycles. The van der Waals surface area contributed by atoms with Gasteiger partial charge in [-0.1, -0.05) is 64.6 Å². The van der Waals surface area contributed by atoms with Crippen LogP contribution < -0.4 is 5.32 Å². The van der Waals surface area contributed by atoms with Crippen molar-refractivity contribution in [1.82, 2.24) is 0 Å². The number of anilines is 1. The zero-order chi connectivity index (χ0) is 18.0. The predicted molar refractivity (Wildman–Crippen MR) is 102 cm³/mol. The largest absolute Gasteiger partial charge is 0.475 e. The number of ether oxygens (including phenoxy) is 1. The van der Waals surface area contributed by atoms with Crippen LogP contribution in [0.2, 0.25) is 10.0 Å². The van der Waals surface area contributed by atoms with Gasteiger partial charge in [0.15, 0.2) is 4.84 Å². The number of alkyl halides is 2. The molecule has 0 fully saturated rings. The van der Waals surface area contributed by atoms with Crippen molar-refractivity contribution in [2.75, 3.05) is 11.9 Å². The molecule has 1 atom stereocenters. The summed E-state index contributed by atoms with van der Waals surface area (Å²) in [4.78, 5) is 14.9. The van der Waals surface area contributed by atoms with Crippen molar-refractivity contribution in [3.63, 3.8) is 0 Å². The van der Waals surface area contributed by atoms with E-state index in [2.05, 4.69) is 10.3 Å². The van der Waals surface area contributed by atoms with Gasteiger partial charge in [-0.15, -0.1) is 0 Å². The number of amides is 1. The molecule has 25 heavy (non-hydrogen) atoms. The summed E-state index contributed by atoms with van der Waals surface area (Å²) in [7, 11) is 0. The Labute approximate surface area is 164 Å². The second kappa shape index (κ2) is 7.83. The minimum atomic E-state index is -1.12. The highest BCUT2D eigenvalue weighted by atomic mass is 35.5. The zero-order valence-corrected chi connectivity index (χ0v) is 15.7. The van der Waals surface area contributed by atoms with Crippen LogP contribution in [-0.4, -0.2) is 23.2 Å². The fourth-order valence-corrected chi connectivity index (χ4v) is 3.04. The van der Waals surface area contributed by atoms with Gasteiger partial charge in [0.2, 0.25) is 5.90 Å². The summed E-state index contributed by atoms with van der Waals surface area (Å²) in [5, 5.41) is 3.58. The molecule has 3 rings (SSSR count). The van der Waals surface area contributed by atoms with E-state index in [9.17, 15) is 4.79 Å². The Morgan fingerprint density at radius 1 is 1.12 bits per heavy atom. The van der Waals surface area contributed by atoms with E-state index in [4.69, 9.17) is 51.1 Å². The van der Waals surface area contributed by atoms with Crippen LogP contribution in [0.15, 0.2) is 47.5 Å². The molecule has 0 radical (unpaired) electrons. The number of nitrogens with zero attached hydrogens (tertiary/aromatic N) is 1. The summed E-state index contributed by atoms with van der Waals surface area (Å²) < 4.78 is 5.67. The van der Waals surface area contributed by atoms with Gasteiger partial charge in [-0.05, 0) is 29.8 Å². The summed E-state index contributed by atoms with van der Waals surface area (Å²) in [6.45, 7) is 0.383. The minimum absolute atomic E-state index is 0.180. The molecular weight excluding hydrogens is 406 g/mol. The number of benzene rings is 2. The van der Waals surface area contributed by atoms with Crippen molar-refractivity contribution >= 4 is 63.9 Å². The molecule has 1 unspecified atom stereocenters. The fourth-order valence-electron chi connectivity index (χ4n) is 2.37. The highest BCUT2D eigenvalue weighted by Crippen LogP contribution is 2.31. The van der Waals surface area contributed by atoms with Crippen LogP contribution in [0.4, 0.5) is 5.69 Å². The highest BCUT2D eigenvalue weighted by Gasteiger charge is 2.25. The number of carbonyl (C=O) groups is 1. The fraction of sp³-hybridized carbons (Fsp3) is 0.176. The number of halogens is 4. The first-order valence-electron chi connectivity index (χ1n) is 7.29. The maximum absolute atomic E-state index is 11.5. The third kappa shape index (κ3) is 4.21. The molecule has 0 saturated heterocycles. The van der Waals surface area contributed by atoms with Gasteiger partial charge in [-0.2, -0.15) is 0 Å². The first-order chi connectivity index (χ1) is 12.0. The Morgan fingerprint density at radius 2 is 1.76 bits per heavy atom. The molecule has 8 heteroatoms. The lowest BCUT2D eigenvalue weighted by atomic mass is 10.1. The van der Waals surface area contributed by atoms with E-state index in [-0.39, 0.29) is 6.04 Å². The lowest BCUT2D eigenvalue weighted by Crippen LogP contribution is -2.18. The van der Waals surface area contributed by atoms with Crippen LogP contribution >= 0.6 is 46.4 Å². The van der Waals surface area contributed by atoms with Crippen LogP contribution in [0, 0.1) is 0 Å². The van der Waals surface area contributed by atoms with Gasteiger partial charge in [0, 0.05) is 5.69 Å². The molecular formula is C17H12Cl4N2O2. The van der Waals surface area contributed by atoms with E-state index >= 15 is 0 Å². The van der Waals surface area contributed by atoms with Crippen LogP contribution in [0.25, 0.3) is 0 Å². The number of rotatable bonds is 4. The summed E-state index contributed by atoms with van der Waals surface area (Å²) in [5.74, 6) is -0.0564.